The Labute approximate surface area is 185 Å². The molecule has 0 aliphatic carbocycles. The van der Waals surface area contributed by atoms with Gasteiger partial charge in [0.25, 0.3) is 0 Å². The van der Waals surface area contributed by atoms with Gasteiger partial charge in [0.2, 0.25) is 10.0 Å². The van der Waals surface area contributed by atoms with E-state index >= 15 is 0 Å². The number of hydrogen-bond donors (Lipinski definition) is 1. The standard InChI is InChI=1S/C19H8BF10NO2S/c1-6-2-4-7(5-3-6)34(32,33)31-20(8-10(21)14(25)18(29)15(26)11(8)22)9-12(23)16(27)19(30)17(28)13(9)24/h2-5,31H,1H3. The maximum Gasteiger partial charge on any atom is 0.317 e. The van der Waals surface area contributed by atoms with Crippen LogP contribution in [0.3, 0.4) is 0 Å². The van der Waals surface area contributed by atoms with Crippen LogP contribution >= 0.6 is 0 Å². The van der Waals surface area contributed by atoms with E-state index in [1.165, 1.54) is 23.7 Å². The van der Waals surface area contributed by atoms with E-state index in [-0.39, 0.29) is 0 Å². The molecule has 3 rings (SSSR count). The van der Waals surface area contributed by atoms with Crippen LogP contribution in [0.4, 0.5) is 43.9 Å². The molecule has 0 radical (unpaired) electrons. The van der Waals surface area contributed by atoms with Gasteiger partial charge in [-0.25, -0.2) is 57.0 Å². The molecule has 0 bridgehead atoms. The second-order valence-electron chi connectivity index (χ2n) is 6.83. The molecule has 0 aliphatic heterocycles. The highest BCUT2D eigenvalue weighted by Gasteiger charge is 2.42. The molecule has 0 spiro atoms. The number of aryl methyl sites for hydroxylation is 1. The summed E-state index contributed by atoms with van der Waals surface area (Å²) in [4.78, 5) is -0.726. The molecule has 3 nitrogen and oxygen atoms in total. The molecule has 0 amide bonds. The van der Waals surface area contributed by atoms with E-state index in [1.54, 1.807) is 0 Å². The lowest BCUT2D eigenvalue weighted by Gasteiger charge is -2.20. The quantitative estimate of drug-likeness (QED) is 0.245. The molecule has 0 saturated heterocycles. The Morgan fingerprint density at radius 1 is 0.559 bits per heavy atom. The third-order valence-electron chi connectivity index (χ3n) is 4.67. The van der Waals surface area contributed by atoms with E-state index in [9.17, 15) is 52.3 Å². The lowest BCUT2D eigenvalue weighted by molar-refractivity contribution is 0.382. The minimum atomic E-state index is -5.11. The van der Waals surface area contributed by atoms with Crippen molar-refractivity contribution >= 4 is 27.8 Å². The van der Waals surface area contributed by atoms with Crippen LogP contribution in [-0.2, 0) is 10.0 Å². The molecule has 0 heterocycles. The molecule has 0 aliphatic rings. The molecule has 0 unspecified atom stereocenters. The number of halogens is 10. The van der Waals surface area contributed by atoms with Crippen LogP contribution in [0, 0.1) is 65.1 Å². The van der Waals surface area contributed by atoms with Crippen molar-refractivity contribution in [2.24, 2.45) is 0 Å². The van der Waals surface area contributed by atoms with Gasteiger partial charge in [-0.05, 0) is 19.1 Å². The van der Waals surface area contributed by atoms with Gasteiger partial charge >= 0.3 is 6.85 Å². The Morgan fingerprint density at radius 3 is 1.18 bits per heavy atom. The van der Waals surface area contributed by atoms with Crippen molar-refractivity contribution in [2.75, 3.05) is 0 Å². The van der Waals surface area contributed by atoms with Crippen molar-refractivity contribution in [3.05, 3.63) is 88.0 Å². The van der Waals surface area contributed by atoms with Crippen molar-refractivity contribution in [3.63, 3.8) is 0 Å². The fraction of sp³-hybridized carbons (Fsp3) is 0.0526. The third kappa shape index (κ3) is 4.13. The van der Waals surface area contributed by atoms with Crippen LogP contribution in [0.2, 0.25) is 0 Å². The van der Waals surface area contributed by atoms with Gasteiger partial charge in [0, 0.05) is 10.9 Å². The van der Waals surface area contributed by atoms with E-state index in [4.69, 9.17) is 0 Å². The average molecular weight is 515 g/mol. The van der Waals surface area contributed by atoms with Gasteiger partial charge in [0.05, 0.1) is 4.90 Å². The van der Waals surface area contributed by atoms with E-state index in [2.05, 4.69) is 0 Å². The Morgan fingerprint density at radius 2 is 0.853 bits per heavy atom. The normalized spacial score (nSPS) is 11.7. The summed E-state index contributed by atoms with van der Waals surface area (Å²) in [6.45, 7) is -1.75. The summed E-state index contributed by atoms with van der Waals surface area (Å²) in [5, 5.41) is 0. The summed E-state index contributed by atoms with van der Waals surface area (Å²) in [5.41, 5.74) is -3.89. The van der Waals surface area contributed by atoms with Gasteiger partial charge < -0.3 is 0 Å². The molecule has 0 saturated carbocycles. The highest BCUT2D eigenvalue weighted by Crippen LogP contribution is 2.21. The Bertz CT molecular complexity index is 1290. The lowest BCUT2D eigenvalue weighted by atomic mass is 9.51. The van der Waals surface area contributed by atoms with Crippen molar-refractivity contribution in [2.45, 2.75) is 11.8 Å². The largest absolute Gasteiger partial charge is 0.317 e. The van der Waals surface area contributed by atoms with Crippen molar-refractivity contribution < 1.29 is 52.3 Å². The van der Waals surface area contributed by atoms with E-state index in [0.717, 1.165) is 12.1 Å². The summed E-state index contributed by atoms with van der Waals surface area (Å²) in [6, 6.07) is 4.21. The Kier molecular flexibility index (Phi) is 6.72. The second-order valence-corrected chi connectivity index (χ2v) is 8.55. The monoisotopic (exact) mass is 515 g/mol. The SMILES string of the molecule is Cc1ccc(S(=O)(=O)NB(c2c(F)c(F)c(F)c(F)c2F)c2c(F)c(F)c(F)c(F)c2F)cc1. The van der Waals surface area contributed by atoms with Crippen LogP contribution in [0.15, 0.2) is 29.2 Å². The highest BCUT2D eigenvalue weighted by atomic mass is 32.2. The van der Waals surface area contributed by atoms with Gasteiger partial charge in [0.15, 0.2) is 58.2 Å². The van der Waals surface area contributed by atoms with E-state index < -0.39 is 90.9 Å². The minimum Gasteiger partial charge on any atom is -0.240 e. The van der Waals surface area contributed by atoms with E-state index in [1.807, 2.05) is 0 Å². The summed E-state index contributed by atoms with van der Waals surface area (Å²) in [5.74, 6) is -27.1. The van der Waals surface area contributed by atoms with Crippen LogP contribution < -0.4 is 15.6 Å². The van der Waals surface area contributed by atoms with Gasteiger partial charge in [0.1, 0.15) is 0 Å². The zero-order chi connectivity index (χ0) is 25.7. The fourth-order valence-electron chi connectivity index (χ4n) is 2.95. The van der Waals surface area contributed by atoms with Gasteiger partial charge in [-0.15, -0.1) is 0 Å². The number of rotatable bonds is 5. The topological polar surface area (TPSA) is 46.2 Å². The molecule has 0 atom stereocenters. The Balaban J connectivity index is 2.40. The summed E-state index contributed by atoms with van der Waals surface area (Å²) in [6.07, 6.45) is 0. The fourth-order valence-corrected chi connectivity index (χ4v) is 4.13. The first-order chi connectivity index (χ1) is 15.7. The summed E-state index contributed by atoms with van der Waals surface area (Å²) < 4.78 is 166. The molecule has 180 valence electrons. The van der Waals surface area contributed by atoms with Crippen LogP contribution in [0.25, 0.3) is 0 Å². The van der Waals surface area contributed by atoms with Crippen molar-refractivity contribution in [3.8, 4) is 0 Å². The van der Waals surface area contributed by atoms with Gasteiger partial charge in [-0.1, -0.05) is 17.7 Å². The number of benzene rings is 3. The number of sulfonamides is 1. The Hall–Kier alpha value is -3.07. The molecule has 3 aromatic carbocycles. The highest BCUT2D eigenvalue weighted by molar-refractivity contribution is 7.91. The first-order valence-electron chi connectivity index (χ1n) is 8.82. The number of nitrogens with one attached hydrogen (secondary N) is 1. The van der Waals surface area contributed by atoms with Gasteiger partial charge in [-0.3, -0.25) is 0 Å². The average Bonchev–Trinajstić information content (AvgIpc) is 2.79. The van der Waals surface area contributed by atoms with E-state index in [0.29, 0.717) is 5.56 Å². The van der Waals surface area contributed by atoms with Gasteiger partial charge in [-0.2, -0.15) is 0 Å². The molecule has 0 fully saturated rings. The van der Waals surface area contributed by atoms with Crippen LogP contribution in [0.5, 0.6) is 0 Å². The molecule has 1 N–H and O–H groups in total. The van der Waals surface area contributed by atoms with Crippen LogP contribution in [0.1, 0.15) is 5.56 Å². The molecular formula is C19H8BF10NO2S. The zero-order valence-corrected chi connectivity index (χ0v) is 17.2. The third-order valence-corrected chi connectivity index (χ3v) is 6.11. The molecule has 3 aromatic rings. The maximum atomic E-state index is 14.5. The minimum absolute atomic E-state index is 0.509. The molecular weight excluding hydrogens is 507 g/mol. The zero-order valence-electron chi connectivity index (χ0n) is 16.4. The van der Waals surface area contributed by atoms with Crippen molar-refractivity contribution in [1.29, 1.82) is 0 Å². The predicted octanol–water partition coefficient (Wildman–Crippen LogP) is 3.47. The summed E-state index contributed by atoms with van der Waals surface area (Å²) in [7, 11) is -5.11. The lowest BCUT2D eigenvalue weighted by Crippen LogP contribution is -2.61. The summed E-state index contributed by atoms with van der Waals surface area (Å²) >= 11 is 0. The predicted molar refractivity (Wildman–Crippen MR) is 99.0 cm³/mol. The van der Waals surface area contributed by atoms with Crippen LogP contribution in [-0.4, -0.2) is 15.3 Å². The second kappa shape index (κ2) is 8.94. The molecule has 0 aromatic heterocycles. The molecule has 34 heavy (non-hydrogen) atoms. The first-order valence-corrected chi connectivity index (χ1v) is 10.3. The molecule has 15 heteroatoms. The maximum absolute atomic E-state index is 14.5. The number of hydrogen-bond acceptors (Lipinski definition) is 2. The van der Waals surface area contributed by atoms with Crippen molar-refractivity contribution in [1.82, 2.24) is 4.63 Å². The first kappa shape index (κ1) is 25.6. The smallest absolute Gasteiger partial charge is 0.240 e.